The maximum atomic E-state index is 13.3. The van der Waals surface area contributed by atoms with Gasteiger partial charge in [-0.1, -0.05) is 19.1 Å². The molecule has 0 aliphatic carbocycles. The molecule has 0 radical (unpaired) electrons. The van der Waals surface area contributed by atoms with Gasteiger partial charge in [0.05, 0.1) is 11.9 Å². The molecule has 3 nitrogen and oxygen atoms in total. The fourth-order valence-electron chi connectivity index (χ4n) is 1.84. The number of nitrogens with one attached hydrogen (secondary N) is 1. The van der Waals surface area contributed by atoms with Gasteiger partial charge in [-0.25, -0.2) is 13.5 Å². The number of benzene rings is 1. The van der Waals surface area contributed by atoms with Crippen LogP contribution in [0.1, 0.15) is 24.6 Å². The molecule has 2 rings (SSSR count). The Kier molecular flexibility index (Phi) is 4.66. The van der Waals surface area contributed by atoms with Crippen molar-refractivity contribution in [2.24, 2.45) is 0 Å². The molecule has 2 aromatic rings. The average Bonchev–Trinajstić information content (AvgIpc) is 2.80. The molecule has 0 fully saturated rings. The molecule has 0 spiro atoms. The quantitative estimate of drug-likeness (QED) is 0.906. The molecule has 0 bridgehead atoms. The van der Waals surface area contributed by atoms with Crippen molar-refractivity contribution in [3.63, 3.8) is 0 Å². The predicted octanol–water partition coefficient (Wildman–Crippen LogP) is 3.68. The number of halogens is 3. The van der Waals surface area contributed by atoms with Crippen molar-refractivity contribution < 1.29 is 8.78 Å². The molecule has 0 atom stereocenters. The third-order valence-electron chi connectivity index (χ3n) is 2.74. The van der Waals surface area contributed by atoms with Gasteiger partial charge < -0.3 is 5.32 Å². The Bertz CT molecular complexity index is 555. The molecule has 0 amide bonds. The first-order valence-corrected chi connectivity index (χ1v) is 6.75. The molecule has 1 aromatic carbocycles. The summed E-state index contributed by atoms with van der Waals surface area (Å²) in [6, 6.07) is 7.18. The monoisotopic (exact) mass is 329 g/mol. The Morgan fingerprint density at radius 1 is 1.37 bits per heavy atom. The highest BCUT2D eigenvalue weighted by atomic mass is 79.9. The second-order valence-corrected chi connectivity index (χ2v) is 4.85. The number of nitrogens with zero attached hydrogens (tertiary/aromatic N) is 2. The Balaban J connectivity index is 2.46. The summed E-state index contributed by atoms with van der Waals surface area (Å²) >= 11 is 3.36. The third kappa shape index (κ3) is 3.01. The number of hydrogen-bond acceptors (Lipinski definition) is 2. The van der Waals surface area contributed by atoms with E-state index < -0.39 is 6.43 Å². The first-order valence-electron chi connectivity index (χ1n) is 5.95. The van der Waals surface area contributed by atoms with E-state index in [0.717, 1.165) is 11.0 Å². The van der Waals surface area contributed by atoms with Gasteiger partial charge in [-0.15, -0.1) is 0 Å². The summed E-state index contributed by atoms with van der Waals surface area (Å²) in [5, 5.41) is 7.13. The molecule has 0 saturated heterocycles. The molecule has 0 saturated carbocycles. The van der Waals surface area contributed by atoms with Crippen LogP contribution in [-0.2, 0) is 6.54 Å². The summed E-state index contributed by atoms with van der Waals surface area (Å²) in [5.74, 6) is 0. The summed E-state index contributed by atoms with van der Waals surface area (Å²) in [6.45, 7) is 3.05. The van der Waals surface area contributed by atoms with E-state index in [-0.39, 0.29) is 5.69 Å². The zero-order chi connectivity index (χ0) is 13.8. The topological polar surface area (TPSA) is 29.9 Å². The summed E-state index contributed by atoms with van der Waals surface area (Å²) in [5.41, 5.74) is 1.07. The van der Waals surface area contributed by atoms with E-state index in [1.54, 1.807) is 18.2 Å². The molecule has 0 aliphatic heterocycles. The SMILES string of the molecule is CCNCc1cnn(-c2ccccc2Br)c1C(F)F. The summed E-state index contributed by atoms with van der Waals surface area (Å²) in [4.78, 5) is 0. The van der Waals surface area contributed by atoms with Crippen molar-refractivity contribution in [1.82, 2.24) is 15.1 Å². The smallest absolute Gasteiger partial charge is 0.280 e. The summed E-state index contributed by atoms with van der Waals surface area (Å²) < 4.78 is 28.5. The van der Waals surface area contributed by atoms with Crippen LogP contribution in [0.5, 0.6) is 0 Å². The van der Waals surface area contributed by atoms with E-state index >= 15 is 0 Å². The Hall–Kier alpha value is -1.27. The number of alkyl halides is 2. The van der Waals surface area contributed by atoms with Gasteiger partial charge in [-0.2, -0.15) is 5.10 Å². The minimum absolute atomic E-state index is 0.0622. The number of rotatable bonds is 5. The van der Waals surface area contributed by atoms with Crippen molar-refractivity contribution in [3.8, 4) is 5.69 Å². The van der Waals surface area contributed by atoms with Crippen molar-refractivity contribution >= 4 is 15.9 Å². The zero-order valence-corrected chi connectivity index (χ0v) is 12.0. The van der Waals surface area contributed by atoms with Crippen LogP contribution in [0.15, 0.2) is 34.9 Å². The highest BCUT2D eigenvalue weighted by Crippen LogP contribution is 2.28. The molecular weight excluding hydrogens is 316 g/mol. The van der Waals surface area contributed by atoms with E-state index in [0.29, 0.717) is 17.8 Å². The fourth-order valence-corrected chi connectivity index (χ4v) is 2.29. The lowest BCUT2D eigenvalue weighted by Crippen LogP contribution is -2.14. The van der Waals surface area contributed by atoms with Crippen LogP contribution >= 0.6 is 15.9 Å². The van der Waals surface area contributed by atoms with Crippen LogP contribution in [0.3, 0.4) is 0 Å². The van der Waals surface area contributed by atoms with Crippen molar-refractivity contribution in [1.29, 1.82) is 0 Å². The predicted molar refractivity (Wildman–Crippen MR) is 73.6 cm³/mol. The summed E-state index contributed by atoms with van der Waals surface area (Å²) in [6.07, 6.45) is -1.08. The normalized spacial score (nSPS) is 11.2. The first kappa shape index (κ1) is 14.1. The Morgan fingerprint density at radius 2 is 2.11 bits per heavy atom. The molecular formula is C13H14BrF2N3. The molecule has 1 heterocycles. The van der Waals surface area contributed by atoms with Gasteiger partial charge in [0.1, 0.15) is 5.69 Å². The first-order chi connectivity index (χ1) is 9.15. The van der Waals surface area contributed by atoms with Crippen LogP contribution in [0, 0.1) is 0 Å². The molecule has 1 N–H and O–H groups in total. The largest absolute Gasteiger partial charge is 0.313 e. The van der Waals surface area contributed by atoms with Crippen molar-refractivity contribution in [2.45, 2.75) is 19.9 Å². The minimum atomic E-state index is -2.57. The van der Waals surface area contributed by atoms with Crippen LogP contribution in [0.2, 0.25) is 0 Å². The second kappa shape index (κ2) is 6.25. The minimum Gasteiger partial charge on any atom is -0.313 e. The van der Waals surface area contributed by atoms with Crippen LogP contribution < -0.4 is 5.32 Å². The number of para-hydroxylation sites is 1. The van der Waals surface area contributed by atoms with E-state index in [9.17, 15) is 8.78 Å². The third-order valence-corrected chi connectivity index (χ3v) is 3.41. The van der Waals surface area contributed by atoms with Gasteiger partial charge in [-0.05, 0) is 34.6 Å². The van der Waals surface area contributed by atoms with Crippen LogP contribution in [-0.4, -0.2) is 16.3 Å². The molecule has 0 unspecified atom stereocenters. The molecule has 6 heteroatoms. The van der Waals surface area contributed by atoms with Gasteiger partial charge in [-0.3, -0.25) is 0 Å². The van der Waals surface area contributed by atoms with Gasteiger partial charge >= 0.3 is 0 Å². The number of aromatic nitrogens is 2. The van der Waals surface area contributed by atoms with E-state index in [1.807, 2.05) is 13.0 Å². The molecule has 19 heavy (non-hydrogen) atoms. The lowest BCUT2D eigenvalue weighted by atomic mass is 10.2. The molecule has 102 valence electrons. The van der Waals surface area contributed by atoms with E-state index in [4.69, 9.17) is 0 Å². The lowest BCUT2D eigenvalue weighted by molar-refractivity contribution is 0.141. The second-order valence-electron chi connectivity index (χ2n) is 4.00. The standard InChI is InChI=1S/C13H14BrF2N3/c1-2-17-7-9-8-18-19(12(9)13(15)16)11-6-4-3-5-10(11)14/h3-6,8,13,17H,2,7H2,1H3. The van der Waals surface area contributed by atoms with Gasteiger partial charge in [0.15, 0.2) is 0 Å². The van der Waals surface area contributed by atoms with Gasteiger partial charge in [0.2, 0.25) is 0 Å². The maximum Gasteiger partial charge on any atom is 0.280 e. The molecule has 0 aliphatic rings. The maximum absolute atomic E-state index is 13.3. The highest BCUT2D eigenvalue weighted by molar-refractivity contribution is 9.10. The Labute approximate surface area is 118 Å². The fraction of sp³-hybridized carbons (Fsp3) is 0.308. The average molecular weight is 330 g/mol. The summed E-state index contributed by atoms with van der Waals surface area (Å²) in [7, 11) is 0. The highest BCUT2D eigenvalue weighted by Gasteiger charge is 2.21. The van der Waals surface area contributed by atoms with E-state index in [2.05, 4.69) is 26.3 Å². The van der Waals surface area contributed by atoms with Crippen LogP contribution in [0.4, 0.5) is 8.78 Å². The number of hydrogen-bond donors (Lipinski definition) is 1. The van der Waals surface area contributed by atoms with Crippen molar-refractivity contribution in [2.75, 3.05) is 6.54 Å². The molecule has 1 aromatic heterocycles. The lowest BCUT2D eigenvalue weighted by Gasteiger charge is -2.10. The van der Waals surface area contributed by atoms with Gasteiger partial charge in [0, 0.05) is 16.6 Å². The zero-order valence-electron chi connectivity index (χ0n) is 10.4. The van der Waals surface area contributed by atoms with Crippen molar-refractivity contribution in [3.05, 3.63) is 46.2 Å². The van der Waals surface area contributed by atoms with Crippen LogP contribution in [0.25, 0.3) is 5.69 Å². The Morgan fingerprint density at radius 3 is 2.74 bits per heavy atom. The van der Waals surface area contributed by atoms with E-state index in [1.165, 1.54) is 10.9 Å². The van der Waals surface area contributed by atoms with Gasteiger partial charge in [0.25, 0.3) is 6.43 Å².